The predicted molar refractivity (Wildman–Crippen MR) is 107 cm³/mol. The van der Waals surface area contributed by atoms with Gasteiger partial charge >= 0.3 is 0 Å². The van der Waals surface area contributed by atoms with Crippen LogP contribution >= 0.6 is 0 Å². The Kier molecular flexibility index (Phi) is 4.63. The van der Waals surface area contributed by atoms with Crippen LogP contribution < -0.4 is 5.73 Å². The summed E-state index contributed by atoms with van der Waals surface area (Å²) in [4.78, 5) is 39.8. The third-order valence-electron chi connectivity index (χ3n) is 6.57. The van der Waals surface area contributed by atoms with Gasteiger partial charge in [-0.25, -0.2) is 0 Å². The number of aromatic hydroxyl groups is 1. The molecule has 0 spiro atoms. The lowest BCUT2D eigenvalue weighted by molar-refractivity contribution is -0.127. The van der Waals surface area contributed by atoms with Crippen molar-refractivity contribution in [2.75, 3.05) is 14.1 Å². The fourth-order valence-corrected chi connectivity index (χ4v) is 5.37. The van der Waals surface area contributed by atoms with E-state index in [1.165, 1.54) is 12.1 Å². The molecule has 5 N–H and O–H groups in total. The van der Waals surface area contributed by atoms with E-state index in [1.54, 1.807) is 19.0 Å². The molecule has 3 aliphatic carbocycles. The number of primary amides is 1. The number of nitrogens with two attached hydrogens (primary N) is 1. The number of carbonyl (C=O) groups excluding carboxylic acids is 3. The molecule has 0 radical (unpaired) electrons. The number of likely N-dealkylation sites (N-methyl/N-ethyl adjacent to an activating group) is 1. The second-order valence-electron chi connectivity index (χ2n) is 8.40. The Labute approximate surface area is 177 Å². The van der Waals surface area contributed by atoms with Crippen molar-refractivity contribution >= 4 is 17.5 Å². The average Bonchev–Trinajstić information content (AvgIpc) is 2.67. The minimum atomic E-state index is -1.22. The van der Waals surface area contributed by atoms with E-state index in [4.69, 9.17) is 5.73 Å². The van der Waals surface area contributed by atoms with E-state index in [9.17, 15) is 35.0 Å². The number of rotatable bonds is 2. The molecule has 160 valence electrons. The highest BCUT2D eigenvalue weighted by Crippen LogP contribution is 2.50. The monoisotopic (exact) mass is 423 g/mol. The van der Waals surface area contributed by atoms with Crippen molar-refractivity contribution in [1.82, 2.24) is 4.90 Å². The third kappa shape index (κ3) is 2.75. The van der Waals surface area contributed by atoms with Gasteiger partial charge < -0.3 is 21.1 Å². The fourth-order valence-electron chi connectivity index (χ4n) is 5.37. The van der Waals surface area contributed by atoms with Crippen LogP contribution in [0.2, 0.25) is 0 Å². The van der Waals surface area contributed by atoms with Crippen LogP contribution in [0.25, 0.3) is 0 Å². The number of nitriles is 1. The molecule has 0 bridgehead atoms. The van der Waals surface area contributed by atoms with Crippen LogP contribution in [0.1, 0.15) is 27.9 Å². The molecule has 1 unspecified atom stereocenters. The molecular weight excluding hydrogens is 402 g/mol. The standard InChI is InChI=1S/C22H21N3O6/c1-25(2)17-11-6-9-5-10-8(7-23)3-4-12(26)14(10)18(27)13(9)19(28)15(11)20(29)16(21(17)30)22(24)31/h3-4,9,11,15,17,26,28,30H,5-6H2,1-2H3,(H2,24,31)/t9-,11+,15?,17-/m0/s1. The summed E-state index contributed by atoms with van der Waals surface area (Å²) in [5.74, 6) is -6.16. The number of aliphatic hydroxyl groups excluding tert-OH is 2. The van der Waals surface area contributed by atoms with Crippen LogP contribution in [0.15, 0.2) is 34.8 Å². The Morgan fingerprint density at radius 2 is 1.87 bits per heavy atom. The molecule has 0 heterocycles. The van der Waals surface area contributed by atoms with Gasteiger partial charge in [-0.2, -0.15) is 5.26 Å². The first-order chi connectivity index (χ1) is 14.6. The summed E-state index contributed by atoms with van der Waals surface area (Å²) < 4.78 is 0. The Balaban J connectivity index is 1.93. The summed E-state index contributed by atoms with van der Waals surface area (Å²) in [6, 6.07) is 3.93. The fraction of sp³-hybridized carbons (Fsp3) is 0.364. The van der Waals surface area contributed by atoms with Gasteiger partial charge in [0.25, 0.3) is 5.91 Å². The van der Waals surface area contributed by atoms with E-state index in [2.05, 4.69) is 0 Å². The second kappa shape index (κ2) is 6.96. The van der Waals surface area contributed by atoms with Gasteiger partial charge in [0.2, 0.25) is 0 Å². The Bertz CT molecular complexity index is 1160. The number of amides is 1. The SMILES string of the molecule is CN(C)[C@@H]1C(O)=C(C(N)=O)C(=O)C2C(O)=C3C(=O)c4c(O)ccc(C#N)c4C[C@H]3C[C@H]21. The molecule has 0 aromatic heterocycles. The van der Waals surface area contributed by atoms with Crippen molar-refractivity contribution in [3.8, 4) is 11.8 Å². The summed E-state index contributed by atoms with van der Waals surface area (Å²) in [6.07, 6.45) is 0.461. The predicted octanol–water partition coefficient (Wildman–Crippen LogP) is 0.877. The number of benzene rings is 1. The summed E-state index contributed by atoms with van der Waals surface area (Å²) in [6.45, 7) is 0. The Morgan fingerprint density at radius 1 is 1.19 bits per heavy atom. The van der Waals surface area contributed by atoms with Crippen molar-refractivity contribution in [1.29, 1.82) is 5.26 Å². The summed E-state index contributed by atoms with van der Waals surface area (Å²) in [5, 5.41) is 41.4. The number of hydrogen-bond acceptors (Lipinski definition) is 8. The minimum Gasteiger partial charge on any atom is -0.511 e. The molecule has 31 heavy (non-hydrogen) atoms. The second-order valence-corrected chi connectivity index (χ2v) is 8.40. The van der Waals surface area contributed by atoms with Gasteiger partial charge in [0.15, 0.2) is 11.6 Å². The Hall–Kier alpha value is -3.64. The lowest BCUT2D eigenvalue weighted by Gasteiger charge is -2.46. The first-order valence-electron chi connectivity index (χ1n) is 9.76. The molecular formula is C22H21N3O6. The van der Waals surface area contributed by atoms with Gasteiger partial charge in [0.1, 0.15) is 22.8 Å². The van der Waals surface area contributed by atoms with Gasteiger partial charge in [-0.3, -0.25) is 19.3 Å². The van der Waals surface area contributed by atoms with Gasteiger partial charge in [0.05, 0.1) is 29.2 Å². The van der Waals surface area contributed by atoms with Gasteiger partial charge in [-0.15, -0.1) is 0 Å². The molecule has 0 aliphatic heterocycles. The number of nitrogens with zero attached hydrogens (tertiary/aromatic N) is 2. The number of aliphatic hydroxyl groups is 2. The molecule has 0 saturated heterocycles. The van der Waals surface area contributed by atoms with Crippen LogP contribution in [-0.2, 0) is 16.0 Å². The van der Waals surface area contributed by atoms with Gasteiger partial charge in [-0.1, -0.05) is 0 Å². The quantitative estimate of drug-likeness (QED) is 0.509. The van der Waals surface area contributed by atoms with Crippen LogP contribution in [0.5, 0.6) is 5.75 Å². The van der Waals surface area contributed by atoms with Crippen LogP contribution in [0, 0.1) is 29.1 Å². The maximum atomic E-state index is 13.3. The number of Topliss-reactive ketones (excluding diaryl/α,β-unsaturated/α-hetero) is 2. The van der Waals surface area contributed by atoms with Crippen molar-refractivity contribution in [3.63, 3.8) is 0 Å². The van der Waals surface area contributed by atoms with E-state index >= 15 is 0 Å². The Morgan fingerprint density at radius 3 is 2.45 bits per heavy atom. The smallest absolute Gasteiger partial charge is 0.255 e. The van der Waals surface area contributed by atoms with Gasteiger partial charge in [-0.05, 0) is 56.5 Å². The van der Waals surface area contributed by atoms with E-state index < -0.39 is 58.4 Å². The highest BCUT2D eigenvalue weighted by atomic mass is 16.3. The molecule has 0 fully saturated rings. The number of fused-ring (bicyclic) bond motifs is 3. The van der Waals surface area contributed by atoms with Crippen LogP contribution in [-0.4, -0.2) is 57.8 Å². The van der Waals surface area contributed by atoms with Crippen molar-refractivity contribution in [2.24, 2.45) is 23.5 Å². The summed E-state index contributed by atoms with van der Waals surface area (Å²) >= 11 is 0. The maximum Gasteiger partial charge on any atom is 0.255 e. The maximum absolute atomic E-state index is 13.3. The summed E-state index contributed by atoms with van der Waals surface area (Å²) in [5.41, 5.74) is 5.34. The van der Waals surface area contributed by atoms with Gasteiger partial charge in [0, 0.05) is 5.57 Å². The molecule has 0 saturated carbocycles. The molecule has 1 aromatic rings. The first kappa shape index (κ1) is 20.6. The highest BCUT2D eigenvalue weighted by Gasteiger charge is 2.54. The van der Waals surface area contributed by atoms with Crippen molar-refractivity contribution < 1.29 is 29.7 Å². The average molecular weight is 423 g/mol. The number of carbonyl (C=O) groups is 3. The van der Waals surface area contributed by atoms with Crippen molar-refractivity contribution in [2.45, 2.75) is 18.9 Å². The van der Waals surface area contributed by atoms with Crippen LogP contribution in [0.3, 0.4) is 0 Å². The molecule has 4 rings (SSSR count). The normalized spacial score (nSPS) is 27.5. The number of allylic oxidation sites excluding steroid dienone is 2. The molecule has 1 aromatic carbocycles. The van der Waals surface area contributed by atoms with E-state index in [1.807, 2.05) is 6.07 Å². The van der Waals surface area contributed by atoms with E-state index in [0.717, 1.165) is 0 Å². The molecule has 9 heteroatoms. The molecule has 3 aliphatic rings. The first-order valence-corrected chi connectivity index (χ1v) is 9.76. The number of ketones is 2. The topological polar surface area (TPSA) is 165 Å². The molecule has 9 nitrogen and oxygen atoms in total. The largest absolute Gasteiger partial charge is 0.511 e. The zero-order valence-corrected chi connectivity index (χ0v) is 16.9. The third-order valence-corrected chi connectivity index (χ3v) is 6.57. The lowest BCUT2D eigenvalue weighted by Crippen LogP contribution is -2.53. The van der Waals surface area contributed by atoms with E-state index in [0.29, 0.717) is 5.56 Å². The highest BCUT2D eigenvalue weighted by molar-refractivity contribution is 6.22. The number of phenolic OH excluding ortho intramolecular Hbond substituents is 1. The zero-order chi connectivity index (χ0) is 22.8. The number of phenols is 1. The van der Waals surface area contributed by atoms with Crippen LogP contribution in [0.4, 0.5) is 0 Å². The zero-order valence-electron chi connectivity index (χ0n) is 16.9. The minimum absolute atomic E-state index is 0.00444. The van der Waals surface area contributed by atoms with Crippen molar-refractivity contribution in [3.05, 3.63) is 51.5 Å². The molecule has 4 atom stereocenters. The van der Waals surface area contributed by atoms with E-state index in [-0.39, 0.29) is 35.3 Å². The summed E-state index contributed by atoms with van der Waals surface area (Å²) in [7, 11) is 3.32. The lowest BCUT2D eigenvalue weighted by atomic mass is 9.60. The number of hydrogen-bond donors (Lipinski definition) is 4. The molecule has 1 amide bonds.